The van der Waals surface area contributed by atoms with Gasteiger partial charge in [0.25, 0.3) is 0 Å². The molecule has 1 unspecified atom stereocenters. The van der Waals surface area contributed by atoms with Gasteiger partial charge in [0.2, 0.25) is 0 Å². The van der Waals surface area contributed by atoms with Crippen molar-refractivity contribution in [3.63, 3.8) is 0 Å². The highest BCUT2D eigenvalue weighted by Crippen LogP contribution is 2.31. The number of aromatic nitrogens is 2. The summed E-state index contributed by atoms with van der Waals surface area (Å²) < 4.78 is 5.67. The molecular formula is C15H22N4OS. The van der Waals surface area contributed by atoms with Crippen molar-refractivity contribution in [2.45, 2.75) is 39.3 Å². The molecule has 0 aromatic carbocycles. The second kappa shape index (κ2) is 5.87. The van der Waals surface area contributed by atoms with Gasteiger partial charge in [0.05, 0.1) is 18.0 Å². The van der Waals surface area contributed by atoms with Crippen molar-refractivity contribution in [1.29, 1.82) is 0 Å². The van der Waals surface area contributed by atoms with E-state index in [0.29, 0.717) is 18.5 Å². The Balaban J connectivity index is 1.77. The van der Waals surface area contributed by atoms with Gasteiger partial charge in [0.15, 0.2) is 0 Å². The van der Waals surface area contributed by atoms with Gasteiger partial charge in [0, 0.05) is 18.0 Å². The molecule has 1 aliphatic heterocycles. The lowest BCUT2D eigenvalue weighted by Crippen LogP contribution is -2.29. The van der Waals surface area contributed by atoms with E-state index in [-0.39, 0.29) is 0 Å². The Morgan fingerprint density at radius 3 is 2.90 bits per heavy atom. The van der Waals surface area contributed by atoms with Crippen LogP contribution in [0.1, 0.15) is 29.1 Å². The fraction of sp³-hybridized carbons (Fsp3) is 0.600. The third-order valence-electron chi connectivity index (χ3n) is 4.05. The van der Waals surface area contributed by atoms with Crippen LogP contribution in [-0.4, -0.2) is 41.2 Å². The third-order valence-corrected chi connectivity index (χ3v) is 5.15. The monoisotopic (exact) mass is 306 g/mol. The predicted molar refractivity (Wildman–Crippen MR) is 86.6 cm³/mol. The van der Waals surface area contributed by atoms with Gasteiger partial charge in [-0.25, -0.2) is 9.97 Å². The van der Waals surface area contributed by atoms with Crippen LogP contribution < -0.4 is 5.73 Å². The van der Waals surface area contributed by atoms with Gasteiger partial charge < -0.3 is 10.5 Å². The molecule has 0 radical (unpaired) electrons. The molecule has 2 N–H and O–H groups in total. The smallest absolute Gasteiger partial charge is 0.146 e. The highest BCUT2D eigenvalue weighted by atomic mass is 32.1. The number of ether oxygens (including phenoxy) is 1. The molecule has 1 fully saturated rings. The molecule has 3 heterocycles. The lowest BCUT2D eigenvalue weighted by molar-refractivity contribution is 0.0787. The van der Waals surface area contributed by atoms with Crippen molar-refractivity contribution < 1.29 is 4.74 Å². The molecule has 2 aromatic rings. The van der Waals surface area contributed by atoms with Crippen LogP contribution in [-0.2, 0) is 11.3 Å². The van der Waals surface area contributed by atoms with Gasteiger partial charge in [-0.05, 0) is 39.3 Å². The summed E-state index contributed by atoms with van der Waals surface area (Å²) in [5.74, 6) is 1.39. The number of likely N-dealkylation sites (N-methyl/N-ethyl adjacent to an activating group) is 1. The number of anilines is 1. The number of hydrogen-bond acceptors (Lipinski definition) is 6. The Morgan fingerprint density at radius 2 is 2.19 bits per heavy atom. The number of hydrogen-bond donors (Lipinski definition) is 1. The standard InChI is InChI=1S/C15H22N4OS/c1-9-10(2)21-15-13(9)14(16)17-12(18-15)8-19(3)7-11-5-4-6-20-11/h11H,4-8H2,1-3H3,(H2,16,17,18). The van der Waals surface area contributed by atoms with E-state index in [2.05, 4.69) is 35.8 Å². The molecule has 0 amide bonds. The molecule has 0 spiro atoms. The van der Waals surface area contributed by atoms with Crippen molar-refractivity contribution >= 4 is 27.4 Å². The Bertz CT molecular complexity index is 649. The zero-order valence-electron chi connectivity index (χ0n) is 12.8. The average molecular weight is 306 g/mol. The number of aryl methyl sites for hydroxylation is 2. The Morgan fingerprint density at radius 1 is 1.38 bits per heavy atom. The van der Waals surface area contributed by atoms with Crippen LogP contribution in [0.4, 0.5) is 5.82 Å². The molecule has 0 saturated carbocycles. The van der Waals surface area contributed by atoms with Gasteiger partial charge in [-0.1, -0.05) is 0 Å². The normalized spacial score (nSPS) is 19.0. The zero-order valence-corrected chi connectivity index (χ0v) is 13.7. The van der Waals surface area contributed by atoms with Crippen LogP contribution in [0.25, 0.3) is 10.2 Å². The first kappa shape index (κ1) is 14.7. The SMILES string of the molecule is Cc1sc2nc(CN(C)CC3CCCO3)nc(N)c2c1C. The highest BCUT2D eigenvalue weighted by molar-refractivity contribution is 7.18. The number of nitrogens with zero attached hydrogens (tertiary/aromatic N) is 3. The number of fused-ring (bicyclic) bond motifs is 1. The van der Waals surface area contributed by atoms with E-state index in [4.69, 9.17) is 10.5 Å². The van der Waals surface area contributed by atoms with Gasteiger partial charge >= 0.3 is 0 Å². The van der Waals surface area contributed by atoms with Gasteiger partial charge in [-0.2, -0.15) is 0 Å². The Labute approximate surface area is 129 Å². The van der Waals surface area contributed by atoms with Gasteiger partial charge in [0.1, 0.15) is 16.5 Å². The van der Waals surface area contributed by atoms with Crippen LogP contribution >= 0.6 is 11.3 Å². The first-order valence-corrected chi connectivity index (χ1v) is 8.18. The van der Waals surface area contributed by atoms with Gasteiger partial charge in [-0.3, -0.25) is 4.90 Å². The fourth-order valence-corrected chi connectivity index (χ4v) is 3.90. The lowest BCUT2D eigenvalue weighted by atomic mass is 10.2. The molecule has 114 valence electrons. The summed E-state index contributed by atoms with van der Waals surface area (Å²) in [5, 5.41) is 1.02. The minimum absolute atomic E-state index is 0.349. The summed E-state index contributed by atoms with van der Waals surface area (Å²) >= 11 is 1.69. The molecule has 1 atom stereocenters. The van der Waals surface area contributed by atoms with Crippen molar-refractivity contribution in [2.24, 2.45) is 0 Å². The quantitative estimate of drug-likeness (QED) is 0.940. The molecular weight excluding hydrogens is 284 g/mol. The van der Waals surface area contributed by atoms with E-state index >= 15 is 0 Å². The maximum absolute atomic E-state index is 6.12. The third kappa shape index (κ3) is 3.02. The van der Waals surface area contributed by atoms with Gasteiger partial charge in [-0.15, -0.1) is 11.3 Å². The van der Waals surface area contributed by atoms with E-state index < -0.39 is 0 Å². The fourth-order valence-electron chi connectivity index (χ4n) is 2.84. The van der Waals surface area contributed by atoms with Crippen molar-refractivity contribution in [3.8, 4) is 0 Å². The van der Waals surface area contributed by atoms with E-state index in [9.17, 15) is 0 Å². The van der Waals surface area contributed by atoms with E-state index in [1.54, 1.807) is 11.3 Å². The first-order valence-electron chi connectivity index (χ1n) is 7.37. The number of nitrogens with two attached hydrogens (primary N) is 1. The van der Waals surface area contributed by atoms with Crippen LogP contribution in [0, 0.1) is 13.8 Å². The topological polar surface area (TPSA) is 64.3 Å². The largest absolute Gasteiger partial charge is 0.383 e. The lowest BCUT2D eigenvalue weighted by Gasteiger charge is -2.19. The minimum Gasteiger partial charge on any atom is -0.383 e. The second-order valence-electron chi connectivity index (χ2n) is 5.82. The average Bonchev–Trinajstić information content (AvgIpc) is 2.99. The predicted octanol–water partition coefficient (Wildman–Crippen LogP) is 2.50. The second-order valence-corrected chi connectivity index (χ2v) is 7.02. The highest BCUT2D eigenvalue weighted by Gasteiger charge is 2.19. The maximum Gasteiger partial charge on any atom is 0.146 e. The maximum atomic E-state index is 6.12. The summed E-state index contributed by atoms with van der Waals surface area (Å²) in [6.45, 7) is 6.70. The number of rotatable bonds is 4. The number of thiophene rings is 1. The summed E-state index contributed by atoms with van der Waals surface area (Å²) in [7, 11) is 2.08. The molecule has 0 bridgehead atoms. The van der Waals surface area contributed by atoms with E-state index in [1.807, 2.05) is 0 Å². The Kier molecular flexibility index (Phi) is 4.10. The van der Waals surface area contributed by atoms with Crippen LogP contribution in [0.5, 0.6) is 0 Å². The summed E-state index contributed by atoms with van der Waals surface area (Å²) in [4.78, 5) is 13.6. The Hall–Kier alpha value is -1.24. The summed E-state index contributed by atoms with van der Waals surface area (Å²) in [5.41, 5.74) is 7.32. The van der Waals surface area contributed by atoms with Crippen LogP contribution in [0.3, 0.4) is 0 Å². The van der Waals surface area contributed by atoms with Crippen LogP contribution in [0.15, 0.2) is 0 Å². The summed E-state index contributed by atoms with van der Waals surface area (Å²) in [6, 6.07) is 0. The van der Waals surface area contributed by atoms with E-state index in [0.717, 1.165) is 35.6 Å². The molecule has 0 aliphatic carbocycles. The zero-order chi connectivity index (χ0) is 15.0. The van der Waals surface area contributed by atoms with Crippen molar-refractivity contribution in [3.05, 3.63) is 16.3 Å². The molecule has 6 heteroatoms. The van der Waals surface area contributed by atoms with Crippen LogP contribution in [0.2, 0.25) is 0 Å². The molecule has 1 saturated heterocycles. The first-order chi connectivity index (χ1) is 10.0. The molecule has 1 aliphatic rings. The summed E-state index contributed by atoms with van der Waals surface area (Å²) in [6.07, 6.45) is 2.67. The molecule has 2 aromatic heterocycles. The van der Waals surface area contributed by atoms with E-state index in [1.165, 1.54) is 16.9 Å². The van der Waals surface area contributed by atoms with Crippen molar-refractivity contribution in [2.75, 3.05) is 25.9 Å². The molecule has 5 nitrogen and oxygen atoms in total. The molecule has 21 heavy (non-hydrogen) atoms. The molecule has 3 rings (SSSR count). The number of nitrogen functional groups attached to an aromatic ring is 1. The van der Waals surface area contributed by atoms with Crippen molar-refractivity contribution in [1.82, 2.24) is 14.9 Å². The minimum atomic E-state index is 0.349.